The summed E-state index contributed by atoms with van der Waals surface area (Å²) >= 11 is 0. The van der Waals surface area contributed by atoms with E-state index < -0.39 is 33.1 Å². The molecule has 0 bridgehead atoms. The van der Waals surface area contributed by atoms with Crippen molar-refractivity contribution in [3.05, 3.63) is 36.0 Å². The van der Waals surface area contributed by atoms with Crippen molar-refractivity contribution >= 4 is 10.0 Å². The quantitative estimate of drug-likeness (QED) is 0.854. The highest BCUT2D eigenvalue weighted by atomic mass is 32.2. The molecule has 0 saturated carbocycles. The van der Waals surface area contributed by atoms with E-state index in [1.165, 1.54) is 16.7 Å². The number of aromatic nitrogens is 1. The summed E-state index contributed by atoms with van der Waals surface area (Å²) in [5.41, 5.74) is 1.02. The van der Waals surface area contributed by atoms with Crippen LogP contribution in [-0.4, -0.2) is 25.4 Å². The van der Waals surface area contributed by atoms with Gasteiger partial charge in [0.05, 0.1) is 0 Å². The number of hydrogen-bond donors (Lipinski definition) is 1. The molecule has 0 saturated heterocycles. The van der Waals surface area contributed by atoms with Gasteiger partial charge >= 0.3 is 6.36 Å². The fraction of sp³-hybridized carbons (Fsp3) is 0.312. The number of benzene rings is 1. The summed E-state index contributed by atoms with van der Waals surface area (Å²) in [6, 6.07) is 7.87. The second-order valence-corrected chi connectivity index (χ2v) is 7.44. The van der Waals surface area contributed by atoms with Crippen LogP contribution in [0.25, 0.3) is 11.3 Å². The number of nitriles is 1. The van der Waals surface area contributed by atoms with E-state index >= 15 is 0 Å². The van der Waals surface area contributed by atoms with E-state index in [0.717, 1.165) is 12.1 Å². The third kappa shape index (κ3) is 4.36. The lowest BCUT2D eigenvalue weighted by molar-refractivity contribution is -0.275. The van der Waals surface area contributed by atoms with Gasteiger partial charge in [0, 0.05) is 24.3 Å². The third-order valence-electron chi connectivity index (χ3n) is 3.38. The van der Waals surface area contributed by atoms with Gasteiger partial charge in [0.1, 0.15) is 22.4 Å². The van der Waals surface area contributed by atoms with E-state index in [9.17, 15) is 21.6 Å². The lowest BCUT2D eigenvalue weighted by Gasteiger charge is -2.16. The van der Waals surface area contributed by atoms with Gasteiger partial charge in [-0.3, -0.25) is 0 Å². The molecule has 26 heavy (non-hydrogen) atoms. The molecule has 0 fully saturated rings. The van der Waals surface area contributed by atoms with E-state index in [4.69, 9.17) is 5.26 Å². The molecule has 2 aromatic rings. The maximum absolute atomic E-state index is 12.8. The van der Waals surface area contributed by atoms with Gasteiger partial charge in [-0.25, -0.2) is 13.1 Å². The Morgan fingerprint density at radius 3 is 2.38 bits per heavy atom. The Morgan fingerprint density at radius 1 is 1.23 bits per heavy atom. The number of sulfonamides is 1. The lowest BCUT2D eigenvalue weighted by atomic mass is 10.1. The van der Waals surface area contributed by atoms with Gasteiger partial charge in [-0.1, -0.05) is 6.07 Å². The summed E-state index contributed by atoms with van der Waals surface area (Å²) in [7, 11) is -2.63. The van der Waals surface area contributed by atoms with Crippen molar-refractivity contribution in [1.29, 1.82) is 5.26 Å². The maximum Gasteiger partial charge on any atom is 0.573 e. The van der Waals surface area contributed by atoms with Crippen LogP contribution in [0.15, 0.2) is 35.2 Å². The molecule has 10 heteroatoms. The summed E-state index contributed by atoms with van der Waals surface area (Å²) < 4.78 is 70.5. The molecule has 0 aliphatic heterocycles. The molecule has 0 radical (unpaired) electrons. The Kier molecular flexibility index (Phi) is 5.34. The minimum absolute atomic E-state index is 0.275. The Balaban J connectivity index is 2.61. The van der Waals surface area contributed by atoms with Gasteiger partial charge in [0.25, 0.3) is 0 Å². The topological polar surface area (TPSA) is 84.1 Å². The van der Waals surface area contributed by atoms with Gasteiger partial charge < -0.3 is 9.30 Å². The van der Waals surface area contributed by atoms with Gasteiger partial charge in [-0.05, 0) is 38.1 Å². The predicted molar refractivity (Wildman–Crippen MR) is 87.7 cm³/mol. The Morgan fingerprint density at radius 2 is 1.88 bits per heavy atom. The smallest absolute Gasteiger partial charge is 0.404 e. The molecule has 1 aromatic carbocycles. The Bertz CT molecular complexity index is 957. The summed E-state index contributed by atoms with van der Waals surface area (Å²) in [6.45, 7) is 3.09. The van der Waals surface area contributed by atoms with E-state index in [2.05, 4.69) is 9.46 Å². The number of halogens is 3. The van der Waals surface area contributed by atoms with Crippen LogP contribution in [0.5, 0.6) is 5.75 Å². The van der Waals surface area contributed by atoms with Crippen molar-refractivity contribution < 1.29 is 26.3 Å². The number of rotatable bonds is 5. The fourth-order valence-corrected chi connectivity index (χ4v) is 3.74. The van der Waals surface area contributed by atoms with Crippen LogP contribution in [0.3, 0.4) is 0 Å². The van der Waals surface area contributed by atoms with E-state index in [1.807, 2.05) is 6.07 Å². The number of ether oxygens (including phenoxy) is 1. The van der Waals surface area contributed by atoms with Crippen molar-refractivity contribution in [3.63, 3.8) is 0 Å². The van der Waals surface area contributed by atoms with E-state index in [-0.39, 0.29) is 5.56 Å². The van der Waals surface area contributed by atoms with Crippen LogP contribution in [-0.2, 0) is 17.1 Å². The normalized spacial score (nSPS) is 12.2. The zero-order chi connectivity index (χ0) is 19.7. The van der Waals surface area contributed by atoms with Crippen molar-refractivity contribution in [3.8, 4) is 23.1 Å². The summed E-state index contributed by atoms with van der Waals surface area (Å²) in [4.78, 5) is -0.623. The molecule has 1 aromatic heterocycles. The van der Waals surface area contributed by atoms with Gasteiger partial charge in [0.15, 0.2) is 0 Å². The molecule has 0 spiro atoms. The molecule has 0 aliphatic rings. The number of hydrogen-bond acceptors (Lipinski definition) is 4. The van der Waals surface area contributed by atoms with Crippen LogP contribution in [0.1, 0.15) is 19.5 Å². The molecule has 1 heterocycles. The summed E-state index contributed by atoms with van der Waals surface area (Å²) in [5.74, 6) is -0.845. The number of alkyl halides is 3. The second-order valence-electron chi connectivity index (χ2n) is 5.76. The van der Waals surface area contributed by atoms with Crippen LogP contribution >= 0.6 is 0 Å². The minimum Gasteiger partial charge on any atom is -0.404 e. The van der Waals surface area contributed by atoms with Crippen LogP contribution in [0, 0.1) is 11.3 Å². The lowest BCUT2D eigenvalue weighted by Crippen LogP contribution is -2.31. The van der Waals surface area contributed by atoms with Crippen molar-refractivity contribution in [2.75, 3.05) is 0 Å². The van der Waals surface area contributed by atoms with Crippen molar-refractivity contribution in [2.24, 2.45) is 7.05 Å². The number of nitrogens with zero attached hydrogens (tertiary/aromatic N) is 2. The fourth-order valence-electron chi connectivity index (χ4n) is 2.38. The zero-order valence-electron chi connectivity index (χ0n) is 14.1. The first-order valence-electron chi connectivity index (χ1n) is 7.43. The maximum atomic E-state index is 12.8. The highest BCUT2D eigenvalue weighted by molar-refractivity contribution is 7.89. The van der Waals surface area contributed by atoms with Crippen LogP contribution in [0.2, 0.25) is 0 Å². The summed E-state index contributed by atoms with van der Waals surface area (Å²) in [6.07, 6.45) is -5.06. The average Bonchev–Trinajstić information content (AvgIpc) is 2.84. The van der Waals surface area contributed by atoms with E-state index in [0.29, 0.717) is 11.4 Å². The Hall–Kier alpha value is -2.51. The Labute approximate surface area is 148 Å². The van der Waals surface area contributed by atoms with Crippen molar-refractivity contribution in [2.45, 2.75) is 31.1 Å². The highest BCUT2D eigenvalue weighted by Crippen LogP contribution is 2.34. The SMILES string of the molecule is CC(C)NS(=O)(=O)c1ccc(-c2ccc(C#N)n2C)cc1OC(F)(F)F. The first kappa shape index (κ1) is 19.8. The molecule has 0 amide bonds. The molecule has 140 valence electrons. The number of nitrogens with one attached hydrogen (secondary N) is 1. The van der Waals surface area contributed by atoms with Crippen LogP contribution in [0.4, 0.5) is 13.2 Å². The van der Waals surface area contributed by atoms with Crippen LogP contribution < -0.4 is 9.46 Å². The zero-order valence-corrected chi connectivity index (χ0v) is 14.9. The molecule has 6 nitrogen and oxygen atoms in total. The average molecular weight is 387 g/mol. The van der Waals surface area contributed by atoms with Crippen molar-refractivity contribution in [1.82, 2.24) is 9.29 Å². The van der Waals surface area contributed by atoms with E-state index in [1.54, 1.807) is 27.0 Å². The monoisotopic (exact) mass is 387 g/mol. The minimum atomic E-state index is -5.06. The van der Waals surface area contributed by atoms with Gasteiger partial charge in [0.2, 0.25) is 10.0 Å². The van der Waals surface area contributed by atoms with Gasteiger partial charge in [-0.2, -0.15) is 5.26 Å². The first-order valence-corrected chi connectivity index (χ1v) is 8.91. The molecule has 1 N–H and O–H groups in total. The molecule has 0 aliphatic carbocycles. The predicted octanol–water partition coefficient (Wildman–Crippen LogP) is 3.15. The molecule has 2 rings (SSSR count). The first-order chi connectivity index (χ1) is 11.9. The molecule has 0 unspecified atom stereocenters. The summed E-state index contributed by atoms with van der Waals surface area (Å²) in [5, 5.41) is 8.99. The largest absolute Gasteiger partial charge is 0.573 e. The highest BCUT2D eigenvalue weighted by Gasteiger charge is 2.34. The second kappa shape index (κ2) is 7.01. The molecule has 0 atom stereocenters. The molecular weight excluding hydrogens is 371 g/mol. The molecular formula is C16H16F3N3O3S. The standard InChI is InChI=1S/C16H16F3N3O3S/c1-10(2)21-26(23,24)15-7-4-11(8-14(15)25-16(17,18)19)13-6-5-12(9-20)22(13)3/h4-8,10,21H,1-3H3. The third-order valence-corrected chi connectivity index (χ3v) is 5.08. The van der Waals surface area contributed by atoms with Gasteiger partial charge in [-0.15, -0.1) is 13.2 Å².